The van der Waals surface area contributed by atoms with Crippen LogP contribution in [0.5, 0.6) is 0 Å². The summed E-state index contributed by atoms with van der Waals surface area (Å²) in [5.74, 6) is -0.500. The molecule has 4 rings (SSSR count). The van der Waals surface area contributed by atoms with Gasteiger partial charge >= 0.3 is 5.97 Å². The number of hydrogen-bond acceptors (Lipinski definition) is 6. The van der Waals surface area contributed by atoms with Crippen molar-refractivity contribution in [2.24, 2.45) is 0 Å². The zero-order valence-electron chi connectivity index (χ0n) is 17.5. The smallest absolute Gasteiger partial charge is 0.337 e. The van der Waals surface area contributed by atoms with Gasteiger partial charge in [-0.3, -0.25) is 9.36 Å². The highest BCUT2D eigenvalue weighted by Crippen LogP contribution is 2.31. The van der Waals surface area contributed by atoms with Gasteiger partial charge < -0.3 is 15.8 Å². The summed E-state index contributed by atoms with van der Waals surface area (Å²) in [6.45, 7) is 3.92. The Labute approximate surface area is 179 Å². The molecule has 0 fully saturated rings. The molecule has 1 amide bonds. The lowest BCUT2D eigenvalue weighted by atomic mass is 10.2. The van der Waals surface area contributed by atoms with Crippen LogP contribution in [0.25, 0.3) is 27.9 Å². The minimum absolute atomic E-state index is 0.0157. The van der Waals surface area contributed by atoms with Crippen molar-refractivity contribution in [3.63, 3.8) is 0 Å². The standard InChI is InChI=1S/C23H23N5O3/c1-4-13(2)25-22(29)18-19-21(27-17-8-6-5-7-16(17)26-19)28(20(18)24)15-11-9-14(10-12-15)23(30)31-3/h5-13H,4,24H2,1-3H3,(H,25,29)/t13-/m0/s1. The van der Waals surface area contributed by atoms with Crippen LogP contribution in [0.15, 0.2) is 48.5 Å². The first-order valence-corrected chi connectivity index (χ1v) is 10.0. The lowest BCUT2D eigenvalue weighted by molar-refractivity contribution is 0.0600. The molecule has 0 saturated heterocycles. The summed E-state index contributed by atoms with van der Waals surface area (Å²) in [7, 11) is 1.33. The topological polar surface area (TPSA) is 112 Å². The zero-order valence-corrected chi connectivity index (χ0v) is 17.5. The first-order valence-electron chi connectivity index (χ1n) is 10.0. The van der Waals surface area contributed by atoms with Crippen molar-refractivity contribution in [1.29, 1.82) is 0 Å². The van der Waals surface area contributed by atoms with E-state index in [0.717, 1.165) is 6.42 Å². The monoisotopic (exact) mass is 417 g/mol. The number of aromatic nitrogens is 3. The van der Waals surface area contributed by atoms with E-state index in [0.29, 0.717) is 33.4 Å². The molecule has 31 heavy (non-hydrogen) atoms. The molecule has 0 unspecified atom stereocenters. The molecule has 0 aliphatic heterocycles. The molecule has 2 heterocycles. The van der Waals surface area contributed by atoms with Gasteiger partial charge in [-0.05, 0) is 49.7 Å². The zero-order chi connectivity index (χ0) is 22.1. The van der Waals surface area contributed by atoms with Crippen molar-refractivity contribution < 1.29 is 14.3 Å². The molecule has 0 bridgehead atoms. The van der Waals surface area contributed by atoms with Gasteiger partial charge in [0.05, 0.1) is 23.7 Å². The molecule has 4 aromatic rings. The highest BCUT2D eigenvalue weighted by molar-refractivity contribution is 6.11. The second-order valence-electron chi connectivity index (χ2n) is 7.30. The summed E-state index contributed by atoms with van der Waals surface area (Å²) in [6, 6.07) is 14.2. The SMILES string of the molecule is CC[C@H](C)NC(=O)c1c(N)n(-c2ccc(C(=O)OC)cc2)c2nc3ccccc3nc12. The number of amides is 1. The van der Waals surface area contributed by atoms with E-state index in [-0.39, 0.29) is 23.3 Å². The van der Waals surface area contributed by atoms with Gasteiger partial charge in [0.15, 0.2) is 5.65 Å². The molecule has 8 nitrogen and oxygen atoms in total. The van der Waals surface area contributed by atoms with Crippen molar-refractivity contribution in [2.45, 2.75) is 26.3 Å². The van der Waals surface area contributed by atoms with Crippen LogP contribution in [-0.2, 0) is 4.74 Å². The fourth-order valence-electron chi connectivity index (χ4n) is 3.41. The van der Waals surface area contributed by atoms with E-state index < -0.39 is 5.97 Å². The fraction of sp³-hybridized carbons (Fsp3) is 0.217. The number of carbonyl (C=O) groups is 2. The first kappa shape index (κ1) is 20.3. The maximum atomic E-state index is 13.1. The number of esters is 1. The Morgan fingerprint density at radius 1 is 1.10 bits per heavy atom. The van der Waals surface area contributed by atoms with E-state index in [2.05, 4.69) is 5.32 Å². The fourth-order valence-corrected chi connectivity index (χ4v) is 3.41. The van der Waals surface area contributed by atoms with E-state index in [1.54, 1.807) is 28.8 Å². The molecule has 2 aromatic heterocycles. The largest absolute Gasteiger partial charge is 0.465 e. The van der Waals surface area contributed by atoms with Gasteiger partial charge in [-0.1, -0.05) is 19.1 Å². The molecule has 8 heteroatoms. The number of ether oxygens (including phenoxy) is 1. The maximum Gasteiger partial charge on any atom is 0.337 e. The van der Waals surface area contributed by atoms with E-state index in [9.17, 15) is 9.59 Å². The van der Waals surface area contributed by atoms with Crippen molar-refractivity contribution in [3.05, 3.63) is 59.7 Å². The number of para-hydroxylation sites is 2. The van der Waals surface area contributed by atoms with E-state index in [1.165, 1.54) is 7.11 Å². The Bertz CT molecular complexity index is 1290. The average Bonchev–Trinajstić information content (AvgIpc) is 3.07. The van der Waals surface area contributed by atoms with Gasteiger partial charge in [-0.2, -0.15) is 0 Å². The third-order valence-corrected chi connectivity index (χ3v) is 5.26. The Kier molecular flexibility index (Phi) is 5.29. The Balaban J connectivity index is 1.96. The van der Waals surface area contributed by atoms with Crippen molar-refractivity contribution >= 4 is 39.9 Å². The second-order valence-corrected chi connectivity index (χ2v) is 7.30. The van der Waals surface area contributed by atoms with Crippen molar-refractivity contribution in [2.75, 3.05) is 12.8 Å². The molecule has 0 spiro atoms. The summed E-state index contributed by atoms with van der Waals surface area (Å²) in [5, 5.41) is 2.96. The third-order valence-electron chi connectivity index (χ3n) is 5.26. The molecule has 0 radical (unpaired) electrons. The molecule has 1 atom stereocenters. The van der Waals surface area contributed by atoms with Crippen LogP contribution in [0.2, 0.25) is 0 Å². The number of nitrogens with zero attached hydrogens (tertiary/aromatic N) is 3. The van der Waals surface area contributed by atoms with Gasteiger partial charge in [0.2, 0.25) is 0 Å². The highest BCUT2D eigenvalue weighted by Gasteiger charge is 2.25. The van der Waals surface area contributed by atoms with Gasteiger partial charge in [-0.15, -0.1) is 0 Å². The number of anilines is 1. The summed E-state index contributed by atoms with van der Waals surface area (Å²) in [5.41, 5.74) is 10.1. The number of benzene rings is 2. The van der Waals surface area contributed by atoms with Crippen LogP contribution in [0.4, 0.5) is 5.82 Å². The number of rotatable bonds is 5. The normalized spacial score (nSPS) is 12.1. The molecule has 0 aliphatic carbocycles. The van der Waals surface area contributed by atoms with Crippen LogP contribution in [0.3, 0.4) is 0 Å². The summed E-state index contributed by atoms with van der Waals surface area (Å²) in [6.07, 6.45) is 0.786. The van der Waals surface area contributed by atoms with Crippen LogP contribution < -0.4 is 11.1 Å². The van der Waals surface area contributed by atoms with E-state index >= 15 is 0 Å². The lowest BCUT2D eigenvalue weighted by Gasteiger charge is -2.12. The molecule has 3 N–H and O–H groups in total. The first-order chi connectivity index (χ1) is 14.9. The molecule has 158 valence electrons. The van der Waals surface area contributed by atoms with Gasteiger partial charge in [0, 0.05) is 11.7 Å². The summed E-state index contributed by atoms with van der Waals surface area (Å²) in [4.78, 5) is 34.3. The van der Waals surface area contributed by atoms with Gasteiger partial charge in [0.1, 0.15) is 16.9 Å². The number of nitrogen functional groups attached to an aromatic ring is 1. The Morgan fingerprint density at radius 2 is 1.74 bits per heavy atom. The Hall–Kier alpha value is -3.94. The molecular weight excluding hydrogens is 394 g/mol. The minimum atomic E-state index is -0.434. The number of carbonyl (C=O) groups excluding carboxylic acids is 2. The molecular formula is C23H23N5O3. The highest BCUT2D eigenvalue weighted by atomic mass is 16.5. The average molecular weight is 417 g/mol. The summed E-state index contributed by atoms with van der Waals surface area (Å²) >= 11 is 0. The summed E-state index contributed by atoms with van der Waals surface area (Å²) < 4.78 is 6.44. The van der Waals surface area contributed by atoms with Gasteiger partial charge in [-0.25, -0.2) is 14.8 Å². The predicted octanol–water partition coefficient (Wildman–Crippen LogP) is 3.47. The number of nitrogens with one attached hydrogen (secondary N) is 1. The Morgan fingerprint density at radius 3 is 2.35 bits per heavy atom. The molecule has 0 saturated carbocycles. The molecule has 2 aromatic carbocycles. The van der Waals surface area contributed by atoms with Crippen LogP contribution in [0, 0.1) is 0 Å². The second kappa shape index (κ2) is 8.06. The molecule has 0 aliphatic rings. The van der Waals surface area contributed by atoms with E-state index in [1.807, 2.05) is 38.1 Å². The number of hydrogen-bond donors (Lipinski definition) is 2. The maximum absolute atomic E-state index is 13.1. The minimum Gasteiger partial charge on any atom is -0.465 e. The van der Waals surface area contributed by atoms with E-state index in [4.69, 9.17) is 20.4 Å². The van der Waals surface area contributed by atoms with Crippen LogP contribution in [-0.4, -0.2) is 39.6 Å². The predicted molar refractivity (Wildman–Crippen MR) is 119 cm³/mol. The van der Waals surface area contributed by atoms with Crippen molar-refractivity contribution in [3.8, 4) is 5.69 Å². The quantitative estimate of drug-likeness (QED) is 0.481. The number of methoxy groups -OCH3 is 1. The third kappa shape index (κ3) is 3.56. The van der Waals surface area contributed by atoms with Crippen LogP contribution >= 0.6 is 0 Å². The lowest BCUT2D eigenvalue weighted by Crippen LogP contribution is -2.32. The number of nitrogens with two attached hydrogens (primary N) is 1. The number of fused-ring (bicyclic) bond motifs is 2. The van der Waals surface area contributed by atoms with Gasteiger partial charge in [0.25, 0.3) is 5.91 Å². The van der Waals surface area contributed by atoms with Crippen LogP contribution in [0.1, 0.15) is 41.0 Å². The van der Waals surface area contributed by atoms with Crippen molar-refractivity contribution in [1.82, 2.24) is 19.9 Å².